The van der Waals surface area contributed by atoms with Gasteiger partial charge in [-0.15, -0.1) is 0 Å². The minimum atomic E-state index is 0.392. The van der Waals surface area contributed by atoms with Crippen molar-refractivity contribution in [3.05, 3.63) is 29.3 Å². The zero-order valence-corrected chi connectivity index (χ0v) is 8.43. The van der Waals surface area contributed by atoms with E-state index >= 15 is 0 Å². The van der Waals surface area contributed by atoms with Crippen LogP contribution >= 0.6 is 12.6 Å². The molecule has 0 saturated carbocycles. The van der Waals surface area contributed by atoms with Crippen LogP contribution in [0.15, 0.2) is 18.2 Å². The molecule has 0 amide bonds. The summed E-state index contributed by atoms with van der Waals surface area (Å²) in [6.45, 7) is 0. The molecule has 0 spiro atoms. The molecule has 1 unspecified atom stereocenters. The van der Waals surface area contributed by atoms with Crippen LogP contribution in [0.4, 0.5) is 0 Å². The summed E-state index contributed by atoms with van der Waals surface area (Å²) in [6, 6.07) is 5.71. The number of thiol groups is 1. The summed E-state index contributed by atoms with van der Waals surface area (Å²) in [6.07, 6.45) is 3.42. The first-order valence-electron chi connectivity index (χ1n) is 4.71. The van der Waals surface area contributed by atoms with Crippen molar-refractivity contribution < 1.29 is 5.11 Å². The van der Waals surface area contributed by atoms with E-state index in [1.165, 1.54) is 17.5 Å². The van der Waals surface area contributed by atoms with Crippen LogP contribution in [0, 0.1) is 5.92 Å². The fraction of sp³-hybridized carbons (Fsp3) is 0.455. The van der Waals surface area contributed by atoms with E-state index in [0.717, 1.165) is 24.5 Å². The SMILES string of the molecule is Oc1ccc2c(c1)CCC(CS)C2. The molecule has 0 radical (unpaired) electrons. The summed E-state index contributed by atoms with van der Waals surface area (Å²) in [5, 5.41) is 9.30. The summed E-state index contributed by atoms with van der Waals surface area (Å²) < 4.78 is 0. The Morgan fingerprint density at radius 1 is 1.38 bits per heavy atom. The van der Waals surface area contributed by atoms with Crippen molar-refractivity contribution >= 4 is 12.6 Å². The maximum absolute atomic E-state index is 9.30. The van der Waals surface area contributed by atoms with Crippen LogP contribution < -0.4 is 0 Å². The Kier molecular flexibility index (Phi) is 2.49. The molecule has 70 valence electrons. The highest BCUT2D eigenvalue weighted by atomic mass is 32.1. The molecule has 0 fully saturated rings. The summed E-state index contributed by atoms with van der Waals surface area (Å²) in [5.74, 6) is 2.09. The van der Waals surface area contributed by atoms with Crippen LogP contribution in [0.3, 0.4) is 0 Å². The van der Waals surface area contributed by atoms with Gasteiger partial charge in [-0.3, -0.25) is 0 Å². The van der Waals surface area contributed by atoms with E-state index in [0.29, 0.717) is 5.75 Å². The predicted molar refractivity (Wildman–Crippen MR) is 57.5 cm³/mol. The van der Waals surface area contributed by atoms with E-state index in [9.17, 15) is 5.11 Å². The molecule has 0 aliphatic heterocycles. The van der Waals surface area contributed by atoms with Gasteiger partial charge >= 0.3 is 0 Å². The fourth-order valence-electron chi connectivity index (χ4n) is 1.97. The lowest BCUT2D eigenvalue weighted by Crippen LogP contribution is -2.15. The fourth-order valence-corrected chi connectivity index (χ4v) is 2.28. The average Bonchev–Trinajstić information content (AvgIpc) is 2.17. The maximum atomic E-state index is 9.30. The number of rotatable bonds is 1. The number of hydrogen-bond donors (Lipinski definition) is 2. The number of hydrogen-bond acceptors (Lipinski definition) is 2. The molecule has 1 atom stereocenters. The van der Waals surface area contributed by atoms with Crippen molar-refractivity contribution in [3.8, 4) is 5.75 Å². The van der Waals surface area contributed by atoms with Crippen molar-refractivity contribution in [2.45, 2.75) is 19.3 Å². The first kappa shape index (κ1) is 8.95. The highest BCUT2D eigenvalue weighted by Gasteiger charge is 2.17. The Morgan fingerprint density at radius 3 is 3.00 bits per heavy atom. The minimum absolute atomic E-state index is 0.392. The third-order valence-corrected chi connectivity index (χ3v) is 3.29. The van der Waals surface area contributed by atoms with Gasteiger partial charge in [-0.2, -0.15) is 12.6 Å². The number of fused-ring (bicyclic) bond motifs is 1. The molecule has 0 saturated heterocycles. The molecule has 1 nitrogen and oxygen atoms in total. The Bertz CT molecular complexity index is 309. The lowest BCUT2D eigenvalue weighted by atomic mass is 9.85. The van der Waals surface area contributed by atoms with Gasteiger partial charge in [0.1, 0.15) is 5.75 Å². The highest BCUT2D eigenvalue weighted by Crippen LogP contribution is 2.28. The Morgan fingerprint density at radius 2 is 2.23 bits per heavy atom. The number of phenolic OH excluding ortho intramolecular Hbond substituents is 1. The second-order valence-electron chi connectivity index (χ2n) is 3.74. The number of aryl methyl sites for hydroxylation is 1. The molecule has 1 aliphatic carbocycles. The van der Waals surface area contributed by atoms with Crippen molar-refractivity contribution in [1.82, 2.24) is 0 Å². The van der Waals surface area contributed by atoms with Gasteiger partial charge in [0.25, 0.3) is 0 Å². The van der Waals surface area contributed by atoms with Gasteiger partial charge in [-0.05, 0) is 54.2 Å². The molecule has 1 aromatic rings. The zero-order valence-electron chi connectivity index (χ0n) is 7.53. The average molecular weight is 194 g/mol. The van der Waals surface area contributed by atoms with Crippen LogP contribution in [0.5, 0.6) is 5.75 Å². The summed E-state index contributed by atoms with van der Waals surface area (Å²) in [5.41, 5.74) is 2.71. The number of phenols is 1. The van der Waals surface area contributed by atoms with Crippen LogP contribution in [-0.2, 0) is 12.8 Å². The lowest BCUT2D eigenvalue weighted by molar-refractivity contribution is 0.468. The van der Waals surface area contributed by atoms with Crippen LogP contribution in [-0.4, -0.2) is 10.9 Å². The second-order valence-corrected chi connectivity index (χ2v) is 4.11. The molecule has 2 heteroatoms. The van der Waals surface area contributed by atoms with E-state index < -0.39 is 0 Å². The Labute approximate surface area is 84.2 Å². The van der Waals surface area contributed by atoms with Crippen molar-refractivity contribution in [2.24, 2.45) is 5.92 Å². The quantitative estimate of drug-likeness (QED) is 0.658. The van der Waals surface area contributed by atoms with Crippen LogP contribution in [0.2, 0.25) is 0 Å². The first-order chi connectivity index (χ1) is 6.29. The van der Waals surface area contributed by atoms with Gasteiger partial charge in [-0.1, -0.05) is 6.07 Å². The monoisotopic (exact) mass is 194 g/mol. The molecule has 2 rings (SSSR count). The molecule has 1 aliphatic rings. The predicted octanol–water partition coefficient (Wildman–Crippen LogP) is 2.43. The third kappa shape index (κ3) is 1.83. The number of benzene rings is 1. The highest BCUT2D eigenvalue weighted by molar-refractivity contribution is 7.80. The van der Waals surface area contributed by atoms with Crippen molar-refractivity contribution in [3.63, 3.8) is 0 Å². The Hall–Kier alpha value is -0.630. The third-order valence-electron chi connectivity index (χ3n) is 2.78. The van der Waals surface area contributed by atoms with Gasteiger partial charge in [0.15, 0.2) is 0 Å². The topological polar surface area (TPSA) is 20.2 Å². The first-order valence-corrected chi connectivity index (χ1v) is 5.34. The van der Waals surface area contributed by atoms with E-state index in [-0.39, 0.29) is 0 Å². The van der Waals surface area contributed by atoms with Crippen LogP contribution in [0.1, 0.15) is 17.5 Å². The van der Waals surface area contributed by atoms with E-state index in [4.69, 9.17) is 0 Å². The lowest BCUT2D eigenvalue weighted by Gasteiger charge is -2.23. The van der Waals surface area contributed by atoms with E-state index in [1.807, 2.05) is 12.1 Å². The Balaban J connectivity index is 2.26. The van der Waals surface area contributed by atoms with E-state index in [1.54, 1.807) is 6.07 Å². The summed E-state index contributed by atoms with van der Waals surface area (Å²) in [7, 11) is 0. The molecule has 1 N–H and O–H groups in total. The molecule has 0 heterocycles. The summed E-state index contributed by atoms with van der Waals surface area (Å²) in [4.78, 5) is 0. The smallest absolute Gasteiger partial charge is 0.115 e. The zero-order chi connectivity index (χ0) is 9.26. The second kappa shape index (κ2) is 3.62. The molecule has 1 aromatic carbocycles. The van der Waals surface area contributed by atoms with Gasteiger partial charge in [0, 0.05) is 0 Å². The maximum Gasteiger partial charge on any atom is 0.115 e. The standard InChI is InChI=1S/C11H14OS/c12-11-4-3-9-5-8(7-13)1-2-10(9)6-11/h3-4,6,8,12-13H,1-2,5,7H2. The van der Waals surface area contributed by atoms with Crippen molar-refractivity contribution in [2.75, 3.05) is 5.75 Å². The van der Waals surface area contributed by atoms with Gasteiger partial charge in [0.05, 0.1) is 0 Å². The largest absolute Gasteiger partial charge is 0.508 e. The normalized spacial score (nSPS) is 21.2. The van der Waals surface area contributed by atoms with Gasteiger partial charge < -0.3 is 5.11 Å². The summed E-state index contributed by atoms with van der Waals surface area (Å²) >= 11 is 4.33. The molecular formula is C11H14OS. The molecule has 0 aromatic heterocycles. The van der Waals surface area contributed by atoms with Crippen LogP contribution in [0.25, 0.3) is 0 Å². The van der Waals surface area contributed by atoms with Crippen molar-refractivity contribution in [1.29, 1.82) is 0 Å². The molecule has 13 heavy (non-hydrogen) atoms. The molecular weight excluding hydrogens is 180 g/mol. The van der Waals surface area contributed by atoms with Gasteiger partial charge in [-0.25, -0.2) is 0 Å². The molecule has 0 bridgehead atoms. The van der Waals surface area contributed by atoms with Gasteiger partial charge in [0.2, 0.25) is 0 Å². The number of aromatic hydroxyl groups is 1. The minimum Gasteiger partial charge on any atom is -0.508 e. The van der Waals surface area contributed by atoms with E-state index in [2.05, 4.69) is 12.6 Å².